The summed E-state index contributed by atoms with van der Waals surface area (Å²) in [4.78, 5) is 8.46. The molecule has 1 aliphatic rings. The van der Waals surface area contributed by atoms with E-state index in [1.54, 1.807) is 18.6 Å². The zero-order valence-corrected chi connectivity index (χ0v) is 9.11. The van der Waals surface area contributed by atoms with Crippen molar-refractivity contribution < 1.29 is 0 Å². The summed E-state index contributed by atoms with van der Waals surface area (Å²) in [6, 6.07) is 0.00169. The number of hydrogen-bond acceptors (Lipinski definition) is 5. The normalized spacial score (nSPS) is 32.9. The molecule has 0 aliphatic carbocycles. The average Bonchev–Trinajstić information content (AvgIpc) is 2.23. The summed E-state index contributed by atoms with van der Waals surface area (Å²) in [5.41, 5.74) is 6.77. The van der Waals surface area contributed by atoms with Gasteiger partial charge in [0.15, 0.2) is 0 Å². The Hall–Kier alpha value is -0.560. The van der Waals surface area contributed by atoms with Crippen LogP contribution in [0.2, 0.25) is 0 Å². The van der Waals surface area contributed by atoms with Gasteiger partial charge < -0.3 is 5.73 Å². The molecule has 1 saturated heterocycles. The third-order valence-electron chi connectivity index (χ3n) is 2.15. The standard InChI is InChI=1S/C8H12BrN5/c9-6-4-13-8(10)7(14-6)5-3-11-1-2-12-5/h1-3,6-8,13-14H,4,10H2. The predicted molar refractivity (Wildman–Crippen MR) is 56.6 cm³/mol. The van der Waals surface area contributed by atoms with Crippen molar-refractivity contribution in [1.29, 1.82) is 0 Å². The van der Waals surface area contributed by atoms with E-state index in [2.05, 4.69) is 36.5 Å². The van der Waals surface area contributed by atoms with E-state index in [1.165, 1.54) is 0 Å². The Bertz CT molecular complexity index is 293. The molecule has 0 amide bonds. The van der Waals surface area contributed by atoms with Crippen molar-refractivity contribution in [3.05, 3.63) is 24.3 Å². The van der Waals surface area contributed by atoms with Gasteiger partial charge in [0.1, 0.15) is 0 Å². The van der Waals surface area contributed by atoms with Crippen LogP contribution in [0, 0.1) is 0 Å². The monoisotopic (exact) mass is 257 g/mol. The minimum atomic E-state index is -0.125. The summed E-state index contributed by atoms with van der Waals surface area (Å²) < 4.78 is 0. The lowest BCUT2D eigenvalue weighted by molar-refractivity contribution is 0.316. The molecule has 76 valence electrons. The maximum atomic E-state index is 5.91. The van der Waals surface area contributed by atoms with Crippen molar-refractivity contribution in [2.75, 3.05) is 6.54 Å². The molecule has 1 fully saturated rings. The van der Waals surface area contributed by atoms with E-state index < -0.39 is 0 Å². The van der Waals surface area contributed by atoms with Crippen LogP contribution in [-0.2, 0) is 0 Å². The highest BCUT2D eigenvalue weighted by Crippen LogP contribution is 2.16. The summed E-state index contributed by atoms with van der Waals surface area (Å²) in [5.74, 6) is 0. The maximum Gasteiger partial charge on any atom is 0.0807 e. The fraction of sp³-hybridized carbons (Fsp3) is 0.500. The molecule has 6 heteroatoms. The third-order valence-corrected chi connectivity index (χ3v) is 2.74. The molecule has 3 atom stereocenters. The number of halogens is 1. The highest BCUT2D eigenvalue weighted by atomic mass is 79.9. The van der Waals surface area contributed by atoms with E-state index in [1.807, 2.05) is 0 Å². The van der Waals surface area contributed by atoms with Crippen LogP contribution < -0.4 is 16.4 Å². The zero-order valence-electron chi connectivity index (χ0n) is 7.52. The summed E-state index contributed by atoms with van der Waals surface area (Å²) in [5, 5.41) is 6.49. The molecular weight excluding hydrogens is 246 g/mol. The molecule has 2 heterocycles. The van der Waals surface area contributed by atoms with Crippen molar-refractivity contribution in [3.63, 3.8) is 0 Å². The first kappa shape index (κ1) is 9.97. The van der Waals surface area contributed by atoms with Gasteiger partial charge in [-0.3, -0.25) is 20.6 Å². The molecule has 1 aromatic rings. The first-order valence-electron chi connectivity index (χ1n) is 4.42. The predicted octanol–water partition coefficient (Wildman–Crippen LogP) is -0.284. The van der Waals surface area contributed by atoms with Crippen molar-refractivity contribution in [3.8, 4) is 0 Å². The first-order valence-corrected chi connectivity index (χ1v) is 5.34. The molecule has 4 N–H and O–H groups in total. The molecule has 3 unspecified atom stereocenters. The van der Waals surface area contributed by atoms with Crippen molar-refractivity contribution >= 4 is 15.9 Å². The van der Waals surface area contributed by atoms with Crippen LogP contribution in [0.4, 0.5) is 0 Å². The van der Waals surface area contributed by atoms with Gasteiger partial charge in [0.05, 0.1) is 29.0 Å². The van der Waals surface area contributed by atoms with E-state index in [9.17, 15) is 0 Å². The quantitative estimate of drug-likeness (QED) is 0.477. The average molecular weight is 258 g/mol. The zero-order chi connectivity index (χ0) is 9.97. The lowest BCUT2D eigenvalue weighted by atomic mass is 10.1. The topological polar surface area (TPSA) is 75.9 Å². The molecule has 0 saturated carbocycles. The van der Waals surface area contributed by atoms with Crippen molar-refractivity contribution in [2.45, 2.75) is 17.2 Å². The van der Waals surface area contributed by atoms with E-state index in [4.69, 9.17) is 5.73 Å². The van der Waals surface area contributed by atoms with Gasteiger partial charge in [-0.05, 0) is 0 Å². The molecular formula is C8H12BrN5. The Morgan fingerprint density at radius 3 is 3.07 bits per heavy atom. The number of aromatic nitrogens is 2. The summed E-state index contributed by atoms with van der Waals surface area (Å²) in [6.07, 6.45) is 4.92. The summed E-state index contributed by atoms with van der Waals surface area (Å²) in [6.45, 7) is 0.804. The highest BCUT2D eigenvalue weighted by molar-refractivity contribution is 9.09. The van der Waals surface area contributed by atoms with Crippen LogP contribution in [0.5, 0.6) is 0 Å². The third kappa shape index (κ3) is 2.09. The van der Waals surface area contributed by atoms with Crippen LogP contribution in [0.3, 0.4) is 0 Å². The summed E-state index contributed by atoms with van der Waals surface area (Å²) in [7, 11) is 0. The second-order valence-corrected chi connectivity index (χ2v) is 4.28. The van der Waals surface area contributed by atoms with Crippen LogP contribution in [0.1, 0.15) is 11.7 Å². The smallest absolute Gasteiger partial charge is 0.0807 e. The second kappa shape index (κ2) is 4.31. The Morgan fingerprint density at radius 2 is 2.36 bits per heavy atom. The molecule has 5 nitrogen and oxygen atoms in total. The molecule has 1 aliphatic heterocycles. The number of piperazine rings is 1. The largest absolute Gasteiger partial charge is 0.314 e. The van der Waals surface area contributed by atoms with Crippen LogP contribution in [0.15, 0.2) is 18.6 Å². The Balaban J connectivity index is 2.16. The number of hydrogen-bond donors (Lipinski definition) is 3. The molecule has 0 bridgehead atoms. The Labute approximate surface area is 90.6 Å². The van der Waals surface area contributed by atoms with Crippen molar-refractivity contribution in [2.24, 2.45) is 5.73 Å². The minimum Gasteiger partial charge on any atom is -0.314 e. The maximum absolute atomic E-state index is 5.91. The van der Waals surface area contributed by atoms with Gasteiger partial charge in [-0.1, -0.05) is 15.9 Å². The van der Waals surface area contributed by atoms with Gasteiger partial charge in [0, 0.05) is 18.9 Å². The van der Waals surface area contributed by atoms with Crippen molar-refractivity contribution in [1.82, 2.24) is 20.6 Å². The minimum absolute atomic E-state index is 0.00169. The van der Waals surface area contributed by atoms with Gasteiger partial charge in [0.2, 0.25) is 0 Å². The Morgan fingerprint density at radius 1 is 1.50 bits per heavy atom. The highest BCUT2D eigenvalue weighted by Gasteiger charge is 2.27. The number of nitrogens with one attached hydrogen (secondary N) is 2. The van der Waals surface area contributed by atoms with Gasteiger partial charge >= 0.3 is 0 Å². The SMILES string of the molecule is NC1NCC(Br)NC1c1cnccn1. The van der Waals surface area contributed by atoms with E-state index in [-0.39, 0.29) is 17.2 Å². The Kier molecular flexibility index (Phi) is 3.07. The molecule has 14 heavy (non-hydrogen) atoms. The van der Waals surface area contributed by atoms with Gasteiger partial charge in [-0.2, -0.15) is 0 Å². The molecule has 2 rings (SSSR count). The first-order chi connectivity index (χ1) is 6.77. The van der Waals surface area contributed by atoms with Crippen LogP contribution in [-0.4, -0.2) is 27.6 Å². The van der Waals surface area contributed by atoms with E-state index in [0.29, 0.717) is 0 Å². The molecule has 0 radical (unpaired) electrons. The molecule has 0 aromatic carbocycles. The van der Waals surface area contributed by atoms with Crippen LogP contribution >= 0.6 is 15.9 Å². The van der Waals surface area contributed by atoms with Crippen LogP contribution in [0.25, 0.3) is 0 Å². The molecule has 0 spiro atoms. The van der Waals surface area contributed by atoms with E-state index in [0.717, 1.165) is 12.2 Å². The second-order valence-electron chi connectivity index (χ2n) is 3.18. The number of rotatable bonds is 1. The van der Waals surface area contributed by atoms with Gasteiger partial charge in [-0.25, -0.2) is 0 Å². The summed E-state index contributed by atoms with van der Waals surface area (Å²) >= 11 is 3.48. The number of nitrogens with zero attached hydrogens (tertiary/aromatic N) is 2. The van der Waals surface area contributed by atoms with Gasteiger partial charge in [-0.15, -0.1) is 0 Å². The fourth-order valence-corrected chi connectivity index (χ4v) is 1.93. The van der Waals surface area contributed by atoms with Gasteiger partial charge in [0.25, 0.3) is 0 Å². The lowest BCUT2D eigenvalue weighted by Crippen LogP contribution is -2.58. The lowest BCUT2D eigenvalue weighted by Gasteiger charge is -2.33. The number of alkyl halides is 1. The molecule has 1 aromatic heterocycles. The number of nitrogens with two attached hydrogens (primary N) is 1. The van der Waals surface area contributed by atoms with E-state index >= 15 is 0 Å². The fourth-order valence-electron chi connectivity index (χ4n) is 1.46.